The first-order valence-electron chi connectivity index (χ1n) is 12.3. The summed E-state index contributed by atoms with van der Waals surface area (Å²) in [6.07, 6.45) is 7.85. The Hall–Kier alpha value is -2.64. The van der Waals surface area contributed by atoms with Crippen LogP contribution in [0.15, 0.2) is 64.3 Å². The maximum Gasteiger partial charge on any atom is 0.261 e. The number of aryl methyl sites for hydroxylation is 1. The maximum atomic E-state index is 13.2. The van der Waals surface area contributed by atoms with Crippen molar-refractivity contribution in [1.29, 1.82) is 0 Å². The van der Waals surface area contributed by atoms with Crippen molar-refractivity contribution in [2.75, 3.05) is 4.72 Å². The van der Waals surface area contributed by atoms with Crippen molar-refractivity contribution in [3.63, 3.8) is 0 Å². The minimum absolute atomic E-state index is 0.0946. The van der Waals surface area contributed by atoms with E-state index in [1.165, 1.54) is 38.2 Å². The minimum atomic E-state index is -3.78. The molecule has 0 radical (unpaired) electrons. The second-order valence-electron chi connectivity index (χ2n) is 9.42. The predicted molar refractivity (Wildman–Crippen MR) is 139 cm³/mol. The molecule has 34 heavy (non-hydrogen) atoms. The number of sulfonamides is 1. The highest BCUT2D eigenvalue weighted by molar-refractivity contribution is 7.92. The van der Waals surface area contributed by atoms with Gasteiger partial charge in [-0.25, -0.2) is 8.42 Å². The molecule has 0 aliphatic heterocycles. The molecule has 0 unspecified atom stereocenters. The van der Waals surface area contributed by atoms with Crippen molar-refractivity contribution in [3.05, 3.63) is 70.5 Å². The third-order valence-electron chi connectivity index (χ3n) is 6.90. The van der Waals surface area contributed by atoms with E-state index in [0.717, 1.165) is 28.8 Å². The molecule has 182 valence electrons. The molecular weight excluding hydrogens is 446 g/mol. The Morgan fingerprint density at radius 3 is 2.56 bits per heavy atom. The van der Waals surface area contributed by atoms with Gasteiger partial charge in [-0.3, -0.25) is 9.52 Å². The number of rotatable bonds is 9. The quantitative estimate of drug-likeness (QED) is 0.436. The summed E-state index contributed by atoms with van der Waals surface area (Å²) in [5.74, 6) is 0.794. The van der Waals surface area contributed by atoms with Crippen LogP contribution < -0.4 is 15.6 Å². The van der Waals surface area contributed by atoms with E-state index in [0.29, 0.717) is 24.8 Å². The molecule has 1 saturated carbocycles. The largest absolute Gasteiger partial charge is 0.310 e. The van der Waals surface area contributed by atoms with E-state index in [1.54, 1.807) is 34.9 Å². The zero-order chi connectivity index (χ0) is 24.1. The number of aromatic nitrogens is 1. The molecule has 1 heterocycles. The molecule has 2 N–H and O–H groups in total. The highest BCUT2D eigenvalue weighted by Gasteiger charge is 2.19. The molecule has 1 atom stereocenters. The molecule has 1 fully saturated rings. The van der Waals surface area contributed by atoms with Gasteiger partial charge in [-0.1, -0.05) is 50.3 Å². The number of para-hydroxylation sites is 1. The third kappa shape index (κ3) is 5.70. The number of pyridine rings is 1. The smallest absolute Gasteiger partial charge is 0.261 e. The number of nitrogens with zero attached hydrogens (tertiary/aromatic N) is 1. The predicted octanol–water partition coefficient (Wildman–Crippen LogP) is 5.27. The topological polar surface area (TPSA) is 80.2 Å². The molecule has 0 saturated heterocycles. The van der Waals surface area contributed by atoms with Crippen LogP contribution in [0.2, 0.25) is 0 Å². The zero-order valence-electron chi connectivity index (χ0n) is 20.1. The molecular formula is C27H35N3O3S. The van der Waals surface area contributed by atoms with E-state index in [-0.39, 0.29) is 10.5 Å². The third-order valence-corrected chi connectivity index (χ3v) is 8.27. The van der Waals surface area contributed by atoms with Crippen LogP contribution in [-0.2, 0) is 23.1 Å². The number of benzene rings is 2. The van der Waals surface area contributed by atoms with E-state index < -0.39 is 10.0 Å². The number of fused-ring (bicyclic) bond motifs is 1. The van der Waals surface area contributed by atoms with Gasteiger partial charge in [0.2, 0.25) is 0 Å². The van der Waals surface area contributed by atoms with Crippen molar-refractivity contribution in [1.82, 2.24) is 9.88 Å². The first-order valence-corrected chi connectivity index (χ1v) is 13.8. The number of anilines is 1. The first-order chi connectivity index (χ1) is 16.4. The van der Waals surface area contributed by atoms with Crippen molar-refractivity contribution in [2.24, 2.45) is 5.92 Å². The van der Waals surface area contributed by atoms with E-state index in [4.69, 9.17) is 0 Å². The lowest BCUT2D eigenvalue weighted by molar-refractivity contribution is 0.305. The van der Waals surface area contributed by atoms with E-state index in [1.807, 2.05) is 25.1 Å². The van der Waals surface area contributed by atoms with E-state index >= 15 is 0 Å². The van der Waals surface area contributed by atoms with Gasteiger partial charge in [-0.2, -0.15) is 0 Å². The lowest BCUT2D eigenvalue weighted by Gasteiger charge is -2.25. The summed E-state index contributed by atoms with van der Waals surface area (Å²) in [4.78, 5) is 12.2. The lowest BCUT2D eigenvalue weighted by atomic mass is 9.85. The van der Waals surface area contributed by atoms with Crippen LogP contribution in [-0.4, -0.2) is 19.0 Å². The van der Waals surface area contributed by atoms with Crippen LogP contribution in [0, 0.1) is 5.92 Å². The van der Waals surface area contributed by atoms with Crippen LogP contribution in [0.1, 0.15) is 57.9 Å². The van der Waals surface area contributed by atoms with Gasteiger partial charge in [0.1, 0.15) is 0 Å². The number of hydrogen-bond donors (Lipinski definition) is 2. The maximum absolute atomic E-state index is 13.2. The van der Waals surface area contributed by atoms with Gasteiger partial charge in [0.25, 0.3) is 15.6 Å². The molecule has 7 heteroatoms. The Labute approximate surface area is 202 Å². The normalized spacial score (nSPS) is 15.9. The van der Waals surface area contributed by atoms with Gasteiger partial charge >= 0.3 is 0 Å². The number of hydrogen-bond acceptors (Lipinski definition) is 4. The summed E-state index contributed by atoms with van der Waals surface area (Å²) in [6, 6.07) is 15.9. The van der Waals surface area contributed by atoms with Gasteiger partial charge < -0.3 is 9.88 Å². The highest BCUT2D eigenvalue weighted by Crippen LogP contribution is 2.28. The first kappa shape index (κ1) is 24.5. The van der Waals surface area contributed by atoms with Crippen molar-refractivity contribution < 1.29 is 8.42 Å². The standard InChI is InChI=1S/C27H35N3O3S/c1-3-30-26-15-14-24(18-22(26)13-16-27(30)31)34(32,33)29-25-12-8-7-11-23(25)19-28-20(2)17-21-9-5-4-6-10-21/h7-8,11-16,18,20-21,28-29H,3-6,9-10,17,19H2,1-2H3/t20-/m0/s1. The molecule has 0 spiro atoms. The Bertz CT molecular complexity index is 1290. The van der Waals surface area contributed by atoms with Crippen LogP contribution in [0.5, 0.6) is 0 Å². The van der Waals surface area contributed by atoms with Crippen molar-refractivity contribution >= 4 is 26.6 Å². The lowest BCUT2D eigenvalue weighted by Crippen LogP contribution is -2.29. The monoisotopic (exact) mass is 481 g/mol. The van der Waals surface area contributed by atoms with Gasteiger partial charge in [0, 0.05) is 25.2 Å². The SMILES string of the molecule is CCn1c(=O)ccc2cc(S(=O)(=O)Nc3ccccc3CN[C@@H](C)CC3CCCCC3)ccc21. The fourth-order valence-corrected chi connectivity index (χ4v) is 6.18. The van der Waals surface area contributed by atoms with Crippen LogP contribution in [0.3, 0.4) is 0 Å². The summed E-state index contributed by atoms with van der Waals surface area (Å²) >= 11 is 0. The summed E-state index contributed by atoms with van der Waals surface area (Å²) in [5.41, 5.74) is 2.13. The molecule has 3 aromatic rings. The Morgan fingerprint density at radius 2 is 1.79 bits per heavy atom. The van der Waals surface area contributed by atoms with Gasteiger partial charge in [0.15, 0.2) is 0 Å². The molecule has 2 aromatic carbocycles. The molecule has 0 amide bonds. The van der Waals surface area contributed by atoms with Gasteiger partial charge in [-0.15, -0.1) is 0 Å². The summed E-state index contributed by atoms with van der Waals surface area (Å²) in [7, 11) is -3.78. The molecule has 4 rings (SSSR count). The summed E-state index contributed by atoms with van der Waals surface area (Å²) < 4.78 is 30.8. The van der Waals surface area contributed by atoms with Crippen LogP contribution >= 0.6 is 0 Å². The fourth-order valence-electron chi connectivity index (χ4n) is 5.04. The van der Waals surface area contributed by atoms with E-state index in [9.17, 15) is 13.2 Å². The second kappa shape index (κ2) is 10.7. The van der Waals surface area contributed by atoms with Crippen LogP contribution in [0.4, 0.5) is 5.69 Å². The van der Waals surface area contributed by atoms with Gasteiger partial charge in [0.05, 0.1) is 16.1 Å². The minimum Gasteiger partial charge on any atom is -0.310 e. The molecule has 1 aliphatic carbocycles. The summed E-state index contributed by atoms with van der Waals surface area (Å²) in [5, 5.41) is 4.31. The zero-order valence-corrected chi connectivity index (χ0v) is 20.9. The van der Waals surface area contributed by atoms with Crippen LogP contribution in [0.25, 0.3) is 10.9 Å². The van der Waals surface area contributed by atoms with Gasteiger partial charge in [-0.05, 0) is 67.5 Å². The Morgan fingerprint density at radius 1 is 1.03 bits per heavy atom. The Balaban J connectivity index is 1.49. The van der Waals surface area contributed by atoms with Crippen molar-refractivity contribution in [2.45, 2.75) is 76.4 Å². The molecule has 1 aromatic heterocycles. The van der Waals surface area contributed by atoms with Crippen molar-refractivity contribution in [3.8, 4) is 0 Å². The van der Waals surface area contributed by atoms with E-state index in [2.05, 4.69) is 17.0 Å². The average Bonchev–Trinajstić information content (AvgIpc) is 2.83. The number of nitrogens with one attached hydrogen (secondary N) is 2. The highest BCUT2D eigenvalue weighted by atomic mass is 32.2. The molecule has 0 bridgehead atoms. The summed E-state index contributed by atoms with van der Waals surface area (Å²) in [6.45, 7) is 5.24. The fraction of sp³-hybridized carbons (Fsp3) is 0.444. The Kier molecular flexibility index (Phi) is 7.73. The molecule has 1 aliphatic rings. The molecule has 6 nitrogen and oxygen atoms in total. The second-order valence-corrected chi connectivity index (χ2v) is 11.1. The average molecular weight is 482 g/mol.